The maximum absolute atomic E-state index is 12.8. The van der Waals surface area contributed by atoms with E-state index in [0.29, 0.717) is 10.6 Å². The number of amides is 1. The number of nitrogens with one attached hydrogen (secondary N) is 1. The van der Waals surface area contributed by atoms with E-state index in [4.69, 9.17) is 27.9 Å². The third-order valence-electron chi connectivity index (χ3n) is 4.64. The molecule has 1 aliphatic rings. The second kappa shape index (κ2) is 9.13. The molecule has 0 aliphatic heterocycles. The van der Waals surface area contributed by atoms with E-state index in [1.54, 1.807) is 0 Å². The number of sulfonamides is 1. The monoisotopic (exact) mass is 490 g/mol. The molecule has 0 fully saturated rings. The summed E-state index contributed by atoms with van der Waals surface area (Å²) in [5, 5.41) is 3.55. The van der Waals surface area contributed by atoms with Crippen molar-refractivity contribution in [2.75, 3.05) is 29.5 Å². The van der Waals surface area contributed by atoms with E-state index in [-0.39, 0.29) is 15.7 Å². The van der Waals surface area contributed by atoms with Crippen LogP contribution < -0.4 is 9.62 Å². The summed E-state index contributed by atoms with van der Waals surface area (Å²) in [5.41, 5.74) is 1.42. The highest BCUT2D eigenvalue weighted by Gasteiger charge is 2.28. The zero-order valence-electron chi connectivity index (χ0n) is 16.3. The molecule has 2 aromatic rings. The lowest BCUT2D eigenvalue weighted by Gasteiger charge is -2.22. The standard InChI is InChI=1S/C19H20Cl2N2O5S2/c1-28-19(25)17-14-5-3-4-6-15(14)29-18(17)22-16(24)10-23(30(2,26)27)13-8-11(20)7-12(21)9-13/h7-9H,3-6,10H2,1-2H3,(H,22,24). The summed E-state index contributed by atoms with van der Waals surface area (Å²) in [6.45, 7) is -0.501. The van der Waals surface area contributed by atoms with Gasteiger partial charge in [0.2, 0.25) is 15.9 Å². The lowest BCUT2D eigenvalue weighted by atomic mass is 9.95. The number of hydrogen-bond acceptors (Lipinski definition) is 6. The number of carbonyl (C=O) groups is 2. The van der Waals surface area contributed by atoms with Crippen LogP contribution >= 0.6 is 34.5 Å². The van der Waals surface area contributed by atoms with E-state index < -0.39 is 28.4 Å². The average Bonchev–Trinajstić information content (AvgIpc) is 3.01. The van der Waals surface area contributed by atoms with Gasteiger partial charge in [-0.3, -0.25) is 9.10 Å². The Hall–Kier alpha value is -1.81. The molecule has 1 heterocycles. The third-order valence-corrected chi connectivity index (χ3v) is 7.42. The fraction of sp³-hybridized carbons (Fsp3) is 0.368. The largest absolute Gasteiger partial charge is 0.465 e. The number of benzene rings is 1. The molecule has 30 heavy (non-hydrogen) atoms. The van der Waals surface area contributed by atoms with Crippen LogP contribution in [0.25, 0.3) is 0 Å². The molecule has 3 rings (SSSR count). The van der Waals surface area contributed by atoms with E-state index >= 15 is 0 Å². The molecule has 11 heteroatoms. The minimum Gasteiger partial charge on any atom is -0.465 e. The van der Waals surface area contributed by atoms with Crippen LogP contribution in [0.3, 0.4) is 0 Å². The predicted octanol–water partition coefficient (Wildman–Crippen LogP) is 4.13. The van der Waals surface area contributed by atoms with Crippen molar-refractivity contribution in [2.45, 2.75) is 25.7 Å². The zero-order valence-corrected chi connectivity index (χ0v) is 19.5. The number of rotatable bonds is 6. The minimum absolute atomic E-state index is 0.170. The number of halogens is 2. The number of anilines is 2. The summed E-state index contributed by atoms with van der Waals surface area (Å²) in [5.74, 6) is -1.12. The van der Waals surface area contributed by atoms with Gasteiger partial charge in [-0.1, -0.05) is 23.2 Å². The number of methoxy groups -OCH3 is 1. The molecule has 1 aromatic heterocycles. The van der Waals surface area contributed by atoms with Crippen LogP contribution in [-0.4, -0.2) is 40.2 Å². The fourth-order valence-electron chi connectivity index (χ4n) is 3.35. The maximum atomic E-state index is 12.8. The zero-order chi connectivity index (χ0) is 22.1. The normalized spacial score (nSPS) is 13.5. The van der Waals surface area contributed by atoms with Crippen molar-refractivity contribution >= 4 is 67.1 Å². The first kappa shape index (κ1) is 22.9. The van der Waals surface area contributed by atoms with Crippen LogP contribution in [-0.2, 0) is 32.4 Å². The summed E-state index contributed by atoms with van der Waals surface area (Å²) >= 11 is 13.3. The number of ether oxygens (including phenoxy) is 1. The number of aryl methyl sites for hydroxylation is 1. The van der Waals surface area contributed by atoms with Crippen LogP contribution in [0, 0.1) is 0 Å². The summed E-state index contributed by atoms with van der Waals surface area (Å²) < 4.78 is 30.4. The van der Waals surface area contributed by atoms with E-state index in [2.05, 4.69) is 5.32 Å². The highest BCUT2D eigenvalue weighted by Crippen LogP contribution is 2.38. The van der Waals surface area contributed by atoms with Crippen molar-refractivity contribution < 1.29 is 22.7 Å². The Kier molecular flexibility index (Phi) is 6.96. The lowest BCUT2D eigenvalue weighted by molar-refractivity contribution is -0.114. The van der Waals surface area contributed by atoms with E-state index in [1.807, 2.05) is 0 Å². The Morgan fingerprint density at radius 1 is 1.17 bits per heavy atom. The summed E-state index contributed by atoms with van der Waals surface area (Å²) in [6, 6.07) is 4.28. The number of thiophene rings is 1. The molecule has 162 valence electrons. The van der Waals surface area contributed by atoms with Gasteiger partial charge < -0.3 is 10.1 Å². The minimum atomic E-state index is -3.81. The molecule has 0 spiro atoms. The van der Waals surface area contributed by atoms with Gasteiger partial charge in [0.1, 0.15) is 11.5 Å². The topological polar surface area (TPSA) is 92.8 Å². The maximum Gasteiger partial charge on any atom is 0.341 e. The quantitative estimate of drug-likeness (QED) is 0.614. The number of carbonyl (C=O) groups excluding carboxylic acids is 2. The van der Waals surface area contributed by atoms with E-state index in [1.165, 1.54) is 36.6 Å². The average molecular weight is 491 g/mol. The van der Waals surface area contributed by atoms with Crippen molar-refractivity contribution in [1.29, 1.82) is 0 Å². The molecule has 0 radical (unpaired) electrons. The van der Waals surface area contributed by atoms with Gasteiger partial charge in [0.15, 0.2) is 0 Å². The van der Waals surface area contributed by atoms with Crippen molar-refractivity contribution in [3.05, 3.63) is 44.2 Å². The molecule has 0 saturated heterocycles. The highest BCUT2D eigenvalue weighted by molar-refractivity contribution is 7.92. The molecule has 7 nitrogen and oxygen atoms in total. The number of fused-ring (bicyclic) bond motifs is 1. The van der Waals surface area contributed by atoms with Gasteiger partial charge >= 0.3 is 5.97 Å². The van der Waals surface area contributed by atoms with Crippen LogP contribution in [0.15, 0.2) is 18.2 Å². The van der Waals surface area contributed by atoms with E-state index in [9.17, 15) is 18.0 Å². The smallest absolute Gasteiger partial charge is 0.341 e. The van der Waals surface area contributed by atoms with Gasteiger partial charge in [0, 0.05) is 14.9 Å². The molecule has 1 amide bonds. The van der Waals surface area contributed by atoms with Gasteiger partial charge in [-0.2, -0.15) is 0 Å². The van der Waals surface area contributed by atoms with Crippen LogP contribution in [0.5, 0.6) is 0 Å². The first-order chi connectivity index (χ1) is 14.1. The summed E-state index contributed by atoms with van der Waals surface area (Å²) in [6.07, 6.45) is 4.52. The third kappa shape index (κ3) is 5.08. The Morgan fingerprint density at radius 2 is 1.80 bits per heavy atom. The predicted molar refractivity (Wildman–Crippen MR) is 120 cm³/mol. The first-order valence-electron chi connectivity index (χ1n) is 9.06. The number of nitrogens with zero attached hydrogens (tertiary/aromatic N) is 1. The molecule has 1 aromatic carbocycles. The Bertz CT molecular complexity index is 1080. The van der Waals surface area contributed by atoms with Gasteiger partial charge in [-0.15, -0.1) is 11.3 Å². The summed E-state index contributed by atoms with van der Waals surface area (Å²) in [7, 11) is -2.52. The van der Waals surface area contributed by atoms with Gasteiger partial charge in [-0.25, -0.2) is 13.2 Å². The lowest BCUT2D eigenvalue weighted by Crippen LogP contribution is -2.37. The van der Waals surface area contributed by atoms with Crippen molar-refractivity contribution in [2.24, 2.45) is 0 Å². The summed E-state index contributed by atoms with van der Waals surface area (Å²) in [4.78, 5) is 26.1. The fourth-order valence-corrected chi connectivity index (χ4v) is 6.00. The number of esters is 1. The number of hydrogen-bond donors (Lipinski definition) is 1. The molecule has 0 saturated carbocycles. The van der Waals surface area contributed by atoms with Gasteiger partial charge in [-0.05, 0) is 49.4 Å². The van der Waals surface area contributed by atoms with Crippen LogP contribution in [0.2, 0.25) is 10.0 Å². The van der Waals surface area contributed by atoms with Gasteiger partial charge in [0.05, 0.1) is 24.6 Å². The Labute approximate surface area is 189 Å². The second-order valence-corrected chi connectivity index (χ2v) is 10.7. The van der Waals surface area contributed by atoms with Crippen LogP contribution in [0.1, 0.15) is 33.6 Å². The molecule has 1 N–H and O–H groups in total. The first-order valence-corrected chi connectivity index (χ1v) is 12.5. The highest BCUT2D eigenvalue weighted by atomic mass is 35.5. The Morgan fingerprint density at radius 3 is 2.40 bits per heavy atom. The van der Waals surface area contributed by atoms with Crippen molar-refractivity contribution in [1.82, 2.24) is 0 Å². The molecule has 1 aliphatic carbocycles. The van der Waals surface area contributed by atoms with E-state index in [0.717, 1.165) is 46.7 Å². The molecular weight excluding hydrogens is 471 g/mol. The van der Waals surface area contributed by atoms with Crippen LogP contribution in [0.4, 0.5) is 10.7 Å². The SMILES string of the molecule is COC(=O)c1c(NC(=O)CN(c2cc(Cl)cc(Cl)c2)S(C)(=O)=O)sc2c1CCCC2. The second-order valence-electron chi connectivity index (χ2n) is 6.85. The molecule has 0 bridgehead atoms. The van der Waals surface area contributed by atoms with Crippen molar-refractivity contribution in [3.63, 3.8) is 0 Å². The molecule has 0 unspecified atom stereocenters. The molecule has 0 atom stereocenters. The Balaban J connectivity index is 1.90. The van der Waals surface area contributed by atoms with Crippen molar-refractivity contribution in [3.8, 4) is 0 Å². The molecular formula is C19H20Cl2N2O5S2. The van der Waals surface area contributed by atoms with Gasteiger partial charge in [0.25, 0.3) is 0 Å².